The van der Waals surface area contributed by atoms with E-state index in [1.165, 1.54) is 10.6 Å². The Hall–Kier alpha value is -0.320. The maximum absolute atomic E-state index is 11.4. The van der Waals surface area contributed by atoms with E-state index >= 15 is 0 Å². The zero-order chi connectivity index (χ0) is 10.0. The van der Waals surface area contributed by atoms with Crippen LogP contribution in [0.3, 0.4) is 0 Å². The van der Waals surface area contributed by atoms with Gasteiger partial charge in [-0.3, -0.25) is 9.36 Å². The molecule has 1 radical (unpaired) electrons. The molecule has 0 bridgehead atoms. The third-order valence-electron chi connectivity index (χ3n) is 2.13. The first-order chi connectivity index (χ1) is 6.06. The van der Waals surface area contributed by atoms with Gasteiger partial charge in [0.2, 0.25) is 0 Å². The number of aromatic amines is 1. The molecule has 73 valence electrons. The molecule has 4 nitrogen and oxygen atoms in total. The van der Waals surface area contributed by atoms with E-state index in [1.54, 1.807) is 6.92 Å². The predicted octanol–water partition coefficient (Wildman–Crippen LogP) is 0.435. The van der Waals surface area contributed by atoms with E-state index in [1.807, 2.05) is 13.8 Å². The number of nitrogens with zero attached hydrogens (tertiary/aromatic N) is 1. The molecule has 0 aliphatic rings. The first-order valence-electron chi connectivity index (χ1n) is 4.38. The SMILES string of the molecule is CCC(C)n1c(=O)cc(C)[nH]c1=O.[Na]. The molecule has 0 aliphatic carbocycles. The zero-order valence-electron chi connectivity index (χ0n) is 9.13. The van der Waals surface area contributed by atoms with Crippen LogP contribution in [0.25, 0.3) is 0 Å². The molecule has 1 unspecified atom stereocenters. The minimum atomic E-state index is -0.320. The standard InChI is InChI=1S/C9H14N2O2.Na/c1-4-7(3)11-8(12)5-6(2)10-9(11)13;/h5,7H,4H2,1-3H3,(H,10,13);. The van der Waals surface area contributed by atoms with E-state index in [0.29, 0.717) is 5.69 Å². The third kappa shape index (κ3) is 2.83. The maximum atomic E-state index is 11.4. The van der Waals surface area contributed by atoms with Crippen molar-refractivity contribution in [2.24, 2.45) is 0 Å². The quantitative estimate of drug-likeness (QED) is 0.712. The Morgan fingerprint density at radius 2 is 2.07 bits per heavy atom. The molecule has 0 saturated carbocycles. The van der Waals surface area contributed by atoms with Crippen LogP contribution in [0.4, 0.5) is 0 Å². The van der Waals surface area contributed by atoms with Crippen molar-refractivity contribution in [2.75, 3.05) is 0 Å². The number of hydrogen-bond donors (Lipinski definition) is 1. The number of hydrogen-bond acceptors (Lipinski definition) is 2. The van der Waals surface area contributed by atoms with Gasteiger partial charge in [0.1, 0.15) is 0 Å². The molecular weight excluding hydrogens is 191 g/mol. The summed E-state index contributed by atoms with van der Waals surface area (Å²) in [6.07, 6.45) is 0.770. The molecule has 0 aromatic carbocycles. The van der Waals surface area contributed by atoms with Crippen molar-refractivity contribution < 1.29 is 0 Å². The molecule has 1 heterocycles. The van der Waals surface area contributed by atoms with Crippen molar-refractivity contribution >= 4 is 29.6 Å². The van der Waals surface area contributed by atoms with Crippen LogP contribution in [0.2, 0.25) is 0 Å². The monoisotopic (exact) mass is 205 g/mol. The summed E-state index contributed by atoms with van der Waals surface area (Å²) in [6.45, 7) is 5.49. The van der Waals surface area contributed by atoms with Gasteiger partial charge in [-0.1, -0.05) is 6.92 Å². The molecule has 1 N–H and O–H groups in total. The molecule has 1 aromatic rings. The summed E-state index contributed by atoms with van der Waals surface area (Å²) in [5.74, 6) is 0. The van der Waals surface area contributed by atoms with Crippen molar-refractivity contribution in [3.63, 3.8) is 0 Å². The van der Waals surface area contributed by atoms with Gasteiger partial charge < -0.3 is 4.98 Å². The van der Waals surface area contributed by atoms with E-state index in [-0.39, 0.29) is 46.8 Å². The van der Waals surface area contributed by atoms with Crippen LogP contribution in [0.5, 0.6) is 0 Å². The van der Waals surface area contributed by atoms with Gasteiger partial charge in [0.15, 0.2) is 0 Å². The van der Waals surface area contributed by atoms with E-state index in [9.17, 15) is 9.59 Å². The second-order valence-corrected chi connectivity index (χ2v) is 3.22. The Morgan fingerprint density at radius 1 is 1.50 bits per heavy atom. The van der Waals surface area contributed by atoms with Crippen LogP contribution in [0, 0.1) is 6.92 Å². The third-order valence-corrected chi connectivity index (χ3v) is 2.13. The summed E-state index contributed by atoms with van der Waals surface area (Å²) >= 11 is 0. The van der Waals surface area contributed by atoms with Gasteiger partial charge in [-0.25, -0.2) is 4.79 Å². The summed E-state index contributed by atoms with van der Waals surface area (Å²) in [6, 6.07) is 1.39. The van der Waals surface area contributed by atoms with Gasteiger partial charge in [-0.05, 0) is 20.3 Å². The topological polar surface area (TPSA) is 54.9 Å². The first-order valence-corrected chi connectivity index (χ1v) is 4.38. The number of H-pyrrole nitrogens is 1. The van der Waals surface area contributed by atoms with Crippen molar-refractivity contribution in [1.82, 2.24) is 9.55 Å². The Labute approximate surface area is 105 Å². The zero-order valence-corrected chi connectivity index (χ0v) is 11.1. The fourth-order valence-electron chi connectivity index (χ4n) is 1.22. The molecule has 0 saturated heterocycles. The predicted molar refractivity (Wildman–Crippen MR) is 56.8 cm³/mol. The first kappa shape index (κ1) is 13.7. The Bertz CT molecular complexity index is 377. The summed E-state index contributed by atoms with van der Waals surface area (Å²) in [5.41, 5.74) is 0.0597. The van der Waals surface area contributed by atoms with Gasteiger partial charge in [0, 0.05) is 47.4 Å². The average molecular weight is 205 g/mol. The van der Waals surface area contributed by atoms with Crippen LogP contribution in [0.1, 0.15) is 32.0 Å². The summed E-state index contributed by atoms with van der Waals surface area (Å²) in [4.78, 5) is 25.4. The molecular formula is C9H14N2NaO2. The average Bonchev–Trinajstić information content (AvgIpc) is 2.02. The van der Waals surface area contributed by atoms with Gasteiger partial charge in [0.25, 0.3) is 5.56 Å². The van der Waals surface area contributed by atoms with E-state index in [0.717, 1.165) is 6.42 Å². The molecule has 1 rings (SSSR count). The summed E-state index contributed by atoms with van der Waals surface area (Å²) in [7, 11) is 0. The Balaban J connectivity index is 0.00000169. The van der Waals surface area contributed by atoms with E-state index < -0.39 is 0 Å². The molecule has 1 aromatic heterocycles. The van der Waals surface area contributed by atoms with E-state index in [4.69, 9.17) is 0 Å². The fourth-order valence-corrected chi connectivity index (χ4v) is 1.22. The molecule has 5 heteroatoms. The van der Waals surface area contributed by atoms with Gasteiger partial charge in [0.05, 0.1) is 0 Å². The number of rotatable bonds is 2. The second-order valence-electron chi connectivity index (χ2n) is 3.22. The summed E-state index contributed by atoms with van der Waals surface area (Å²) in [5, 5.41) is 0. The Kier molecular flexibility index (Phi) is 5.41. The minimum absolute atomic E-state index is 0. The number of aryl methyl sites for hydroxylation is 1. The van der Waals surface area contributed by atoms with Crippen molar-refractivity contribution in [1.29, 1.82) is 0 Å². The summed E-state index contributed by atoms with van der Waals surface area (Å²) < 4.78 is 1.24. The molecule has 0 fully saturated rings. The van der Waals surface area contributed by atoms with Crippen molar-refractivity contribution in [3.8, 4) is 0 Å². The smallest absolute Gasteiger partial charge is 0.311 e. The largest absolute Gasteiger partial charge is 0.328 e. The number of nitrogens with one attached hydrogen (secondary N) is 1. The maximum Gasteiger partial charge on any atom is 0.328 e. The minimum Gasteiger partial charge on any atom is -0.311 e. The molecule has 1 atom stereocenters. The van der Waals surface area contributed by atoms with Crippen LogP contribution in [0.15, 0.2) is 15.7 Å². The van der Waals surface area contributed by atoms with Crippen LogP contribution < -0.4 is 11.2 Å². The van der Waals surface area contributed by atoms with Crippen LogP contribution in [-0.4, -0.2) is 39.1 Å². The van der Waals surface area contributed by atoms with Gasteiger partial charge >= 0.3 is 5.69 Å². The normalized spacial score (nSPS) is 11.9. The second kappa shape index (κ2) is 5.53. The van der Waals surface area contributed by atoms with E-state index in [2.05, 4.69) is 4.98 Å². The van der Waals surface area contributed by atoms with Crippen LogP contribution in [-0.2, 0) is 0 Å². The molecule has 14 heavy (non-hydrogen) atoms. The fraction of sp³-hybridized carbons (Fsp3) is 0.556. The van der Waals surface area contributed by atoms with Gasteiger partial charge in [-0.15, -0.1) is 0 Å². The van der Waals surface area contributed by atoms with Crippen molar-refractivity contribution in [3.05, 3.63) is 32.6 Å². The number of aromatic nitrogens is 2. The molecule has 0 spiro atoms. The molecule has 0 amide bonds. The van der Waals surface area contributed by atoms with Crippen molar-refractivity contribution in [2.45, 2.75) is 33.2 Å². The van der Waals surface area contributed by atoms with Gasteiger partial charge in [-0.2, -0.15) is 0 Å². The molecule has 0 aliphatic heterocycles. The van der Waals surface area contributed by atoms with Crippen LogP contribution >= 0.6 is 0 Å². The Morgan fingerprint density at radius 3 is 2.50 bits per heavy atom.